The average Bonchev–Trinajstić information content (AvgIpc) is 2.27. The van der Waals surface area contributed by atoms with Crippen molar-refractivity contribution in [3.8, 4) is 0 Å². The highest BCUT2D eigenvalue weighted by atomic mass is 32.2. The van der Waals surface area contributed by atoms with E-state index in [4.69, 9.17) is 9.66 Å². The van der Waals surface area contributed by atoms with Crippen molar-refractivity contribution in [3.05, 3.63) is 40.8 Å². The van der Waals surface area contributed by atoms with Crippen molar-refractivity contribution >= 4 is 26.9 Å². The van der Waals surface area contributed by atoms with Crippen LogP contribution in [-0.2, 0) is 14.9 Å². The summed E-state index contributed by atoms with van der Waals surface area (Å²) in [7, 11) is -4.32. The molecule has 0 radical (unpaired) electrons. The van der Waals surface area contributed by atoms with Gasteiger partial charge in [0.1, 0.15) is 0 Å². The third-order valence-corrected chi connectivity index (χ3v) is 2.49. The van der Waals surface area contributed by atoms with E-state index in [1.54, 1.807) is 12.3 Å². The number of aliphatic carboxylic acids is 1. The summed E-state index contributed by atoms with van der Waals surface area (Å²) >= 11 is 0. The molecule has 8 nitrogen and oxygen atoms in total. The van der Waals surface area contributed by atoms with Gasteiger partial charge in [-0.3, -0.25) is 14.1 Å². The molecule has 102 valence electrons. The minimum Gasteiger partial charge on any atom is -0.480 e. The molecule has 1 aromatic heterocycles. The van der Waals surface area contributed by atoms with Crippen LogP contribution in [0.25, 0.3) is 10.8 Å². The van der Waals surface area contributed by atoms with Crippen LogP contribution in [0.3, 0.4) is 0 Å². The number of nitrogens with zero attached hydrogens (tertiary/aromatic N) is 1. The first kappa shape index (κ1) is 14.8. The van der Waals surface area contributed by atoms with Gasteiger partial charge in [-0.1, -0.05) is 18.2 Å². The van der Waals surface area contributed by atoms with Crippen molar-refractivity contribution in [2.45, 2.75) is 0 Å². The fourth-order valence-electron chi connectivity index (χ4n) is 1.19. The van der Waals surface area contributed by atoms with Gasteiger partial charge in [0.05, 0.1) is 6.20 Å². The lowest BCUT2D eigenvalue weighted by Crippen LogP contribution is -2.13. The van der Waals surface area contributed by atoms with Crippen LogP contribution < -0.4 is 5.56 Å². The Morgan fingerprint density at radius 1 is 1.32 bits per heavy atom. The molecule has 0 spiro atoms. The van der Waals surface area contributed by atoms with Gasteiger partial charge in [0.25, 0.3) is 15.7 Å². The normalized spacial score (nSPS) is 10.6. The zero-order chi connectivity index (χ0) is 14.5. The maximum absolute atomic E-state index is 11.1. The topological polar surface area (TPSA) is 137 Å². The second kappa shape index (κ2) is 6.07. The van der Waals surface area contributed by atoms with E-state index >= 15 is 0 Å². The number of carboxylic acids is 1. The predicted octanol–water partition coefficient (Wildman–Crippen LogP) is -0.118. The van der Waals surface area contributed by atoms with Crippen LogP contribution >= 0.6 is 0 Å². The summed E-state index contributed by atoms with van der Waals surface area (Å²) in [5.74, 6) is -2.79. The number of H-pyrrole nitrogens is 1. The van der Waals surface area contributed by atoms with Gasteiger partial charge in [-0.05, 0) is 6.07 Å². The van der Waals surface area contributed by atoms with Crippen LogP contribution in [0.15, 0.2) is 35.3 Å². The molecule has 0 aliphatic heterocycles. The van der Waals surface area contributed by atoms with E-state index in [0.29, 0.717) is 5.39 Å². The molecule has 0 aliphatic carbocycles. The van der Waals surface area contributed by atoms with E-state index in [1.807, 2.05) is 18.2 Å². The first-order chi connectivity index (χ1) is 8.79. The number of hydrogen-bond donors (Lipinski definition) is 3. The Morgan fingerprint density at radius 3 is 2.42 bits per heavy atom. The van der Waals surface area contributed by atoms with E-state index in [1.165, 1.54) is 0 Å². The summed E-state index contributed by atoms with van der Waals surface area (Å²) in [6.45, 7) is 0. The molecule has 0 aliphatic rings. The number of hydrogen-bond acceptors (Lipinski definition) is 5. The second-order valence-electron chi connectivity index (χ2n) is 3.41. The summed E-state index contributed by atoms with van der Waals surface area (Å²) in [6.07, 6.45) is 1.64. The number of carboxylic acid groups (broad SMARTS) is 1. The maximum Gasteiger partial charge on any atom is 0.321 e. The molecular weight excluding hydrogens is 276 g/mol. The van der Waals surface area contributed by atoms with E-state index in [2.05, 4.69) is 10.2 Å². The van der Waals surface area contributed by atoms with Gasteiger partial charge in [-0.2, -0.15) is 13.5 Å². The van der Waals surface area contributed by atoms with Crippen LogP contribution in [0.5, 0.6) is 0 Å². The number of carbonyl (C=O) groups is 1. The van der Waals surface area contributed by atoms with Gasteiger partial charge in [-0.15, -0.1) is 0 Å². The highest BCUT2D eigenvalue weighted by molar-refractivity contribution is 7.86. The lowest BCUT2D eigenvalue weighted by Gasteiger charge is -1.91. The molecule has 0 bridgehead atoms. The SMILES string of the molecule is O=C(O)CS(=O)(=O)O.O=c1[nH]ncc2ccccc12. The molecule has 19 heavy (non-hydrogen) atoms. The number of aromatic nitrogens is 2. The Hall–Kier alpha value is -2.26. The minimum atomic E-state index is -4.32. The van der Waals surface area contributed by atoms with Gasteiger partial charge in [0.15, 0.2) is 5.75 Å². The van der Waals surface area contributed by atoms with Crippen molar-refractivity contribution in [1.29, 1.82) is 0 Å². The molecule has 0 saturated heterocycles. The van der Waals surface area contributed by atoms with Gasteiger partial charge < -0.3 is 5.11 Å². The first-order valence-corrected chi connectivity index (χ1v) is 6.50. The molecule has 0 atom stereocenters. The van der Waals surface area contributed by atoms with E-state index < -0.39 is 21.8 Å². The highest BCUT2D eigenvalue weighted by Crippen LogP contribution is 2.04. The van der Waals surface area contributed by atoms with Crippen LogP contribution in [0.1, 0.15) is 0 Å². The summed E-state index contributed by atoms with van der Waals surface area (Å²) in [5.41, 5.74) is -0.136. The Labute approximate surface area is 107 Å². The minimum absolute atomic E-state index is 0.136. The Bertz CT molecular complexity index is 732. The zero-order valence-corrected chi connectivity index (χ0v) is 10.3. The van der Waals surface area contributed by atoms with Crippen molar-refractivity contribution in [2.75, 3.05) is 5.75 Å². The third-order valence-electron chi connectivity index (χ3n) is 1.88. The summed E-state index contributed by atoms with van der Waals surface area (Å²) in [5, 5.41) is 15.3. The maximum atomic E-state index is 11.1. The van der Waals surface area contributed by atoms with Crippen molar-refractivity contribution in [3.63, 3.8) is 0 Å². The Kier molecular flexibility index (Phi) is 4.73. The van der Waals surface area contributed by atoms with Crippen LogP contribution in [0.2, 0.25) is 0 Å². The fraction of sp³-hybridized carbons (Fsp3) is 0.100. The molecular formula is C10H10N2O6S. The van der Waals surface area contributed by atoms with Crippen LogP contribution in [0.4, 0.5) is 0 Å². The molecule has 0 unspecified atom stereocenters. The zero-order valence-electron chi connectivity index (χ0n) is 9.48. The third kappa shape index (κ3) is 5.27. The summed E-state index contributed by atoms with van der Waals surface area (Å²) in [4.78, 5) is 20.5. The molecule has 1 heterocycles. The predicted molar refractivity (Wildman–Crippen MR) is 66.4 cm³/mol. The molecule has 9 heteroatoms. The number of aromatic amines is 1. The largest absolute Gasteiger partial charge is 0.480 e. The number of benzene rings is 1. The van der Waals surface area contributed by atoms with Crippen molar-refractivity contribution < 1.29 is 22.9 Å². The highest BCUT2D eigenvalue weighted by Gasteiger charge is 2.09. The van der Waals surface area contributed by atoms with Gasteiger partial charge in [0.2, 0.25) is 0 Å². The molecule has 3 N–H and O–H groups in total. The average molecular weight is 286 g/mol. The monoisotopic (exact) mass is 286 g/mol. The molecule has 0 fully saturated rings. The molecule has 0 amide bonds. The van der Waals surface area contributed by atoms with Gasteiger partial charge in [0, 0.05) is 10.8 Å². The summed E-state index contributed by atoms with van der Waals surface area (Å²) < 4.78 is 27.0. The van der Waals surface area contributed by atoms with Crippen LogP contribution in [-0.4, -0.2) is 40.0 Å². The first-order valence-electron chi connectivity index (χ1n) is 4.89. The van der Waals surface area contributed by atoms with E-state index in [9.17, 15) is 18.0 Å². The van der Waals surface area contributed by atoms with Crippen LogP contribution in [0, 0.1) is 0 Å². The molecule has 1 aromatic carbocycles. The summed E-state index contributed by atoms with van der Waals surface area (Å²) in [6, 6.07) is 7.34. The molecule has 0 saturated carbocycles. The second-order valence-corrected chi connectivity index (χ2v) is 4.86. The fourth-order valence-corrected chi connectivity index (χ4v) is 1.51. The van der Waals surface area contributed by atoms with Gasteiger partial charge >= 0.3 is 5.97 Å². The van der Waals surface area contributed by atoms with Crippen molar-refractivity contribution in [1.82, 2.24) is 10.2 Å². The van der Waals surface area contributed by atoms with E-state index in [-0.39, 0.29) is 5.56 Å². The number of rotatable bonds is 2. The standard InChI is InChI=1S/C8H6N2O.C2H4O5S/c11-8-7-4-2-1-3-6(7)5-9-10-8;3-2(4)1-8(5,6)7/h1-5H,(H,10,11);1H2,(H,3,4)(H,5,6,7). The quantitative estimate of drug-likeness (QED) is 0.654. The molecule has 2 aromatic rings. The Balaban J connectivity index is 0.000000203. The lowest BCUT2D eigenvalue weighted by atomic mass is 10.2. The lowest BCUT2D eigenvalue weighted by molar-refractivity contribution is -0.134. The van der Waals surface area contributed by atoms with Crippen molar-refractivity contribution in [2.24, 2.45) is 0 Å². The number of nitrogens with one attached hydrogen (secondary N) is 1. The van der Waals surface area contributed by atoms with Gasteiger partial charge in [-0.25, -0.2) is 5.10 Å². The van der Waals surface area contributed by atoms with E-state index in [0.717, 1.165) is 5.39 Å². The smallest absolute Gasteiger partial charge is 0.321 e. The molecule has 2 rings (SSSR count). The number of fused-ring (bicyclic) bond motifs is 1. The Morgan fingerprint density at radius 2 is 1.95 bits per heavy atom.